The van der Waals surface area contributed by atoms with E-state index in [2.05, 4.69) is 10.6 Å². The molecule has 2 N–H and O–H groups in total. The number of halogens is 2. The van der Waals surface area contributed by atoms with Gasteiger partial charge in [-0.1, -0.05) is 24.1 Å². The summed E-state index contributed by atoms with van der Waals surface area (Å²) < 4.78 is 13.5. The van der Waals surface area contributed by atoms with Gasteiger partial charge in [-0.25, -0.2) is 4.39 Å². The lowest BCUT2D eigenvalue weighted by atomic mass is 10.0. The van der Waals surface area contributed by atoms with Gasteiger partial charge in [-0.2, -0.15) is 0 Å². The Morgan fingerprint density at radius 3 is 3.00 bits per heavy atom. The second-order valence-electron chi connectivity index (χ2n) is 4.45. The number of nitrogens with one attached hydrogen (secondary N) is 2. The highest BCUT2D eigenvalue weighted by Crippen LogP contribution is 2.18. The number of piperidine rings is 1. The van der Waals surface area contributed by atoms with E-state index < -0.39 is 11.7 Å². The summed E-state index contributed by atoms with van der Waals surface area (Å²) in [6.45, 7) is 1.48. The van der Waals surface area contributed by atoms with Crippen LogP contribution in [0.25, 0.3) is 0 Å². The number of hydrogen-bond acceptors (Lipinski definition) is 2. The maximum Gasteiger partial charge on any atom is 0.255 e. The van der Waals surface area contributed by atoms with Gasteiger partial charge in [-0.15, -0.1) is 0 Å². The van der Waals surface area contributed by atoms with Crippen LogP contribution < -0.4 is 10.6 Å². The van der Waals surface area contributed by atoms with Gasteiger partial charge in [0.1, 0.15) is 5.82 Å². The van der Waals surface area contributed by atoms with Crippen molar-refractivity contribution in [3.63, 3.8) is 0 Å². The van der Waals surface area contributed by atoms with Crippen molar-refractivity contribution in [2.45, 2.75) is 25.3 Å². The minimum absolute atomic E-state index is 0.0741. The average molecular weight is 271 g/mol. The molecule has 1 saturated heterocycles. The van der Waals surface area contributed by atoms with Crippen LogP contribution in [-0.2, 0) is 0 Å². The fraction of sp³-hybridized carbons (Fsp3) is 0.462. The van der Waals surface area contributed by atoms with E-state index in [0.717, 1.165) is 19.4 Å². The van der Waals surface area contributed by atoms with Crippen molar-refractivity contribution in [1.82, 2.24) is 10.6 Å². The van der Waals surface area contributed by atoms with E-state index in [1.54, 1.807) is 0 Å². The first-order valence-electron chi connectivity index (χ1n) is 6.14. The summed E-state index contributed by atoms with van der Waals surface area (Å²) in [5, 5.41) is 6.18. The molecule has 2 rings (SSSR count). The highest BCUT2D eigenvalue weighted by atomic mass is 35.5. The average Bonchev–Trinajstić information content (AvgIpc) is 2.37. The molecule has 0 aliphatic carbocycles. The molecule has 1 fully saturated rings. The molecule has 5 heteroatoms. The fourth-order valence-electron chi connectivity index (χ4n) is 2.12. The molecule has 1 aromatic carbocycles. The van der Waals surface area contributed by atoms with Crippen molar-refractivity contribution in [2.75, 3.05) is 13.1 Å². The van der Waals surface area contributed by atoms with Crippen LogP contribution in [0, 0.1) is 5.82 Å². The Morgan fingerprint density at radius 1 is 1.50 bits per heavy atom. The molecule has 0 saturated carbocycles. The number of benzene rings is 1. The Kier molecular flexibility index (Phi) is 4.55. The lowest BCUT2D eigenvalue weighted by Gasteiger charge is -2.23. The molecule has 0 radical (unpaired) electrons. The Hall–Kier alpha value is -1.13. The molecule has 1 atom stereocenters. The second-order valence-corrected chi connectivity index (χ2v) is 4.86. The van der Waals surface area contributed by atoms with E-state index in [0.29, 0.717) is 6.54 Å². The third-order valence-electron chi connectivity index (χ3n) is 3.11. The summed E-state index contributed by atoms with van der Waals surface area (Å²) in [5.41, 5.74) is -0.0741. The summed E-state index contributed by atoms with van der Waals surface area (Å²) in [7, 11) is 0. The van der Waals surface area contributed by atoms with Gasteiger partial charge in [-0.3, -0.25) is 4.79 Å². The summed E-state index contributed by atoms with van der Waals surface area (Å²) in [4.78, 5) is 11.9. The number of hydrogen-bond donors (Lipinski definition) is 2. The molecule has 1 amide bonds. The first-order chi connectivity index (χ1) is 8.68. The Balaban J connectivity index is 1.95. The van der Waals surface area contributed by atoms with Crippen molar-refractivity contribution >= 4 is 17.5 Å². The van der Waals surface area contributed by atoms with E-state index >= 15 is 0 Å². The highest BCUT2D eigenvalue weighted by molar-refractivity contribution is 6.33. The molecule has 3 nitrogen and oxygen atoms in total. The molecule has 1 heterocycles. The lowest BCUT2D eigenvalue weighted by Crippen LogP contribution is -2.43. The molecular weight excluding hydrogens is 255 g/mol. The third kappa shape index (κ3) is 3.21. The zero-order valence-corrected chi connectivity index (χ0v) is 10.8. The van der Waals surface area contributed by atoms with Crippen LogP contribution >= 0.6 is 11.6 Å². The monoisotopic (exact) mass is 270 g/mol. The summed E-state index contributed by atoms with van der Waals surface area (Å²) in [5.74, 6) is -1.04. The first-order valence-corrected chi connectivity index (χ1v) is 6.52. The number of amides is 1. The molecule has 1 aliphatic heterocycles. The smallest absolute Gasteiger partial charge is 0.255 e. The van der Waals surface area contributed by atoms with Crippen LogP contribution in [0.4, 0.5) is 4.39 Å². The Morgan fingerprint density at radius 2 is 2.33 bits per heavy atom. The van der Waals surface area contributed by atoms with Gasteiger partial charge in [0.15, 0.2) is 0 Å². The molecule has 1 aromatic rings. The zero-order chi connectivity index (χ0) is 13.0. The molecule has 18 heavy (non-hydrogen) atoms. The minimum atomic E-state index is -0.586. The topological polar surface area (TPSA) is 41.1 Å². The fourth-order valence-corrected chi connectivity index (χ4v) is 2.37. The Bertz CT molecular complexity index is 413. The van der Waals surface area contributed by atoms with Crippen molar-refractivity contribution in [3.05, 3.63) is 34.6 Å². The molecule has 1 unspecified atom stereocenters. The Labute approximate surface area is 111 Å². The van der Waals surface area contributed by atoms with Crippen LogP contribution in [0.5, 0.6) is 0 Å². The third-order valence-corrected chi connectivity index (χ3v) is 3.43. The second kappa shape index (κ2) is 6.16. The quantitative estimate of drug-likeness (QED) is 0.885. The summed E-state index contributed by atoms with van der Waals surface area (Å²) >= 11 is 5.83. The van der Waals surface area contributed by atoms with E-state index in [9.17, 15) is 9.18 Å². The predicted octanol–water partition coefficient (Wildman–Crippen LogP) is 2.35. The predicted molar refractivity (Wildman–Crippen MR) is 69.4 cm³/mol. The van der Waals surface area contributed by atoms with Crippen molar-refractivity contribution in [3.8, 4) is 0 Å². The van der Waals surface area contributed by atoms with Crippen molar-refractivity contribution < 1.29 is 9.18 Å². The number of carbonyl (C=O) groups excluding carboxylic acids is 1. The van der Waals surface area contributed by atoms with E-state index in [-0.39, 0.29) is 16.6 Å². The van der Waals surface area contributed by atoms with Crippen LogP contribution in [0.15, 0.2) is 18.2 Å². The summed E-state index contributed by atoms with van der Waals surface area (Å²) in [6.07, 6.45) is 3.36. The van der Waals surface area contributed by atoms with Gasteiger partial charge in [0.05, 0.1) is 10.6 Å². The van der Waals surface area contributed by atoms with Gasteiger partial charge in [0.25, 0.3) is 5.91 Å². The van der Waals surface area contributed by atoms with E-state index in [4.69, 9.17) is 11.6 Å². The number of rotatable bonds is 3. The summed E-state index contributed by atoms with van der Waals surface area (Å²) in [6, 6.07) is 4.50. The van der Waals surface area contributed by atoms with Crippen LogP contribution in [-0.4, -0.2) is 25.0 Å². The minimum Gasteiger partial charge on any atom is -0.350 e. The molecule has 0 spiro atoms. The van der Waals surface area contributed by atoms with Gasteiger partial charge in [-0.05, 0) is 31.5 Å². The maximum atomic E-state index is 13.5. The van der Waals surface area contributed by atoms with Crippen molar-refractivity contribution in [1.29, 1.82) is 0 Å². The molecular formula is C13H16ClFN2O. The largest absolute Gasteiger partial charge is 0.350 e. The SMILES string of the molecule is O=C(NCC1CCCCN1)c1c(F)cccc1Cl. The van der Waals surface area contributed by atoms with Crippen LogP contribution in [0.2, 0.25) is 5.02 Å². The molecule has 1 aliphatic rings. The van der Waals surface area contributed by atoms with Gasteiger partial charge >= 0.3 is 0 Å². The first kappa shape index (κ1) is 13.3. The van der Waals surface area contributed by atoms with E-state index in [1.807, 2.05) is 0 Å². The van der Waals surface area contributed by atoms with Gasteiger partial charge in [0, 0.05) is 12.6 Å². The molecule has 0 aromatic heterocycles. The maximum absolute atomic E-state index is 13.5. The highest BCUT2D eigenvalue weighted by Gasteiger charge is 2.18. The van der Waals surface area contributed by atoms with E-state index in [1.165, 1.54) is 24.6 Å². The standard InChI is InChI=1S/C13H16ClFN2O/c14-10-5-3-6-11(15)12(10)13(18)17-8-9-4-1-2-7-16-9/h3,5-6,9,16H,1-2,4,7-8H2,(H,17,18). The molecule has 98 valence electrons. The molecule has 0 bridgehead atoms. The van der Waals surface area contributed by atoms with Gasteiger partial charge in [0.2, 0.25) is 0 Å². The normalized spacial score (nSPS) is 19.6. The van der Waals surface area contributed by atoms with Crippen molar-refractivity contribution in [2.24, 2.45) is 0 Å². The zero-order valence-electron chi connectivity index (χ0n) is 10.0. The van der Waals surface area contributed by atoms with Crippen LogP contribution in [0.3, 0.4) is 0 Å². The van der Waals surface area contributed by atoms with Gasteiger partial charge < -0.3 is 10.6 Å². The van der Waals surface area contributed by atoms with Crippen LogP contribution in [0.1, 0.15) is 29.6 Å². The number of carbonyl (C=O) groups is 1. The lowest BCUT2D eigenvalue weighted by molar-refractivity contribution is 0.0944.